The minimum Gasteiger partial charge on any atom is -0.478 e. The van der Waals surface area contributed by atoms with Gasteiger partial charge in [-0.2, -0.15) is 0 Å². The molecule has 0 aliphatic heterocycles. The van der Waals surface area contributed by atoms with Crippen LogP contribution in [0.4, 0.5) is 5.69 Å². The molecule has 0 saturated heterocycles. The molecule has 0 saturated carbocycles. The highest BCUT2D eigenvalue weighted by molar-refractivity contribution is 7.92. The number of carboxylic acids is 3. The van der Waals surface area contributed by atoms with Crippen LogP contribution in [-0.4, -0.2) is 50.1 Å². The van der Waals surface area contributed by atoms with Gasteiger partial charge >= 0.3 is 17.9 Å². The molecule has 0 spiro atoms. The number of aromatic carboxylic acids is 3. The van der Waals surface area contributed by atoms with Crippen LogP contribution in [0.2, 0.25) is 0 Å². The van der Waals surface area contributed by atoms with E-state index in [9.17, 15) is 36.3 Å². The van der Waals surface area contributed by atoms with Crippen molar-refractivity contribution in [1.29, 1.82) is 0 Å². The van der Waals surface area contributed by atoms with Gasteiger partial charge in [-0.15, -0.1) is 0 Å². The van der Waals surface area contributed by atoms with E-state index in [4.69, 9.17) is 14.9 Å². The number of nitrogens with one attached hydrogen (secondary N) is 2. The third-order valence-corrected chi connectivity index (χ3v) is 8.71. The van der Waals surface area contributed by atoms with Gasteiger partial charge in [0.2, 0.25) is 10.0 Å². The van der Waals surface area contributed by atoms with Gasteiger partial charge in [0.25, 0.3) is 10.0 Å². The predicted octanol–water partition coefficient (Wildman–Crippen LogP) is 3.85. The van der Waals surface area contributed by atoms with Crippen molar-refractivity contribution in [3.8, 4) is 11.5 Å². The summed E-state index contributed by atoms with van der Waals surface area (Å²) < 4.78 is 60.8. The standard InChI is InChI=1S/C28H22N2O11S2/c31-26(32)18-3-10-22(11-4-18)42(37,38)29-16-17-1-7-20(8-2-17)41-21-9-14-25(24(15-21)28(35)36)30-43(39,40)23-12-5-19(6-13-23)27(33)34/h1-15,29-30H,16H2,(H,31,32)(H,33,34)(H,35,36). The maximum Gasteiger partial charge on any atom is 0.337 e. The SMILES string of the molecule is O=C(O)c1ccc(S(=O)(=O)NCc2ccc(Oc3ccc(NS(=O)(=O)c4ccc(C(=O)O)cc4)c(C(=O)O)c3)cc2)cc1. The molecule has 4 aromatic rings. The number of benzene rings is 4. The van der Waals surface area contributed by atoms with E-state index in [1.165, 1.54) is 48.5 Å². The van der Waals surface area contributed by atoms with Gasteiger partial charge in [-0.05, 0) is 84.4 Å². The summed E-state index contributed by atoms with van der Waals surface area (Å²) in [6, 6.07) is 18.9. The van der Waals surface area contributed by atoms with Crippen molar-refractivity contribution >= 4 is 43.6 Å². The second-order valence-corrected chi connectivity index (χ2v) is 12.3. The molecule has 0 unspecified atom stereocenters. The van der Waals surface area contributed by atoms with Gasteiger partial charge in [-0.25, -0.2) is 35.9 Å². The van der Waals surface area contributed by atoms with Crippen LogP contribution in [0.25, 0.3) is 0 Å². The Morgan fingerprint density at radius 1 is 0.605 bits per heavy atom. The highest BCUT2D eigenvalue weighted by atomic mass is 32.2. The van der Waals surface area contributed by atoms with Gasteiger partial charge < -0.3 is 20.1 Å². The van der Waals surface area contributed by atoms with E-state index in [0.29, 0.717) is 5.56 Å². The maximum atomic E-state index is 12.8. The second-order valence-electron chi connectivity index (χ2n) is 8.85. The highest BCUT2D eigenvalue weighted by Gasteiger charge is 2.20. The Morgan fingerprint density at radius 3 is 1.58 bits per heavy atom. The van der Waals surface area contributed by atoms with Gasteiger partial charge in [0, 0.05) is 6.54 Å². The molecule has 43 heavy (non-hydrogen) atoms. The van der Waals surface area contributed by atoms with E-state index >= 15 is 0 Å². The van der Waals surface area contributed by atoms with Crippen molar-refractivity contribution in [3.63, 3.8) is 0 Å². The molecule has 0 heterocycles. The Bertz CT molecular complexity index is 1910. The number of carboxylic acid groups (broad SMARTS) is 3. The average molecular weight is 627 g/mol. The van der Waals surface area contributed by atoms with Crippen molar-refractivity contribution < 1.29 is 51.3 Å². The summed E-state index contributed by atoms with van der Waals surface area (Å²) in [4.78, 5) is 33.5. The molecule has 222 valence electrons. The third kappa shape index (κ3) is 7.53. The number of ether oxygens (including phenoxy) is 1. The first kappa shape index (κ1) is 30.7. The number of sulfonamides is 2. The Labute approximate surface area is 245 Å². The van der Waals surface area contributed by atoms with Crippen LogP contribution in [0.3, 0.4) is 0 Å². The Hall–Kier alpha value is -5.25. The summed E-state index contributed by atoms with van der Waals surface area (Å²) in [7, 11) is -8.16. The van der Waals surface area contributed by atoms with Gasteiger partial charge in [-0.1, -0.05) is 12.1 Å². The summed E-state index contributed by atoms with van der Waals surface area (Å²) in [6.07, 6.45) is 0. The number of carbonyl (C=O) groups is 3. The van der Waals surface area contributed by atoms with Gasteiger partial charge in [0.15, 0.2) is 0 Å². The molecule has 0 aliphatic rings. The van der Waals surface area contributed by atoms with Crippen molar-refractivity contribution in [3.05, 3.63) is 113 Å². The van der Waals surface area contributed by atoms with E-state index in [0.717, 1.165) is 30.3 Å². The molecule has 0 aromatic heterocycles. The summed E-state index contributed by atoms with van der Waals surface area (Å²) >= 11 is 0. The quantitative estimate of drug-likeness (QED) is 0.152. The van der Waals surface area contributed by atoms with Crippen molar-refractivity contribution in [1.82, 2.24) is 4.72 Å². The van der Waals surface area contributed by atoms with Crippen LogP contribution in [0, 0.1) is 0 Å². The van der Waals surface area contributed by atoms with Crippen LogP contribution in [0.5, 0.6) is 11.5 Å². The fourth-order valence-corrected chi connectivity index (χ4v) is 5.78. The molecule has 5 N–H and O–H groups in total. The lowest BCUT2D eigenvalue weighted by atomic mass is 10.1. The molecular formula is C28H22N2O11S2. The third-order valence-electron chi connectivity index (χ3n) is 5.91. The predicted molar refractivity (Wildman–Crippen MR) is 152 cm³/mol. The smallest absolute Gasteiger partial charge is 0.337 e. The van der Waals surface area contributed by atoms with Crippen LogP contribution >= 0.6 is 0 Å². The van der Waals surface area contributed by atoms with E-state index in [-0.39, 0.29) is 44.6 Å². The Balaban J connectivity index is 1.43. The van der Waals surface area contributed by atoms with E-state index in [2.05, 4.69) is 9.44 Å². The first-order valence-corrected chi connectivity index (χ1v) is 15.1. The minimum atomic E-state index is -4.25. The molecular weight excluding hydrogens is 604 g/mol. The summed E-state index contributed by atoms with van der Waals surface area (Å²) in [5.74, 6) is -3.50. The first-order valence-electron chi connectivity index (χ1n) is 12.1. The van der Waals surface area contributed by atoms with Gasteiger partial charge in [-0.3, -0.25) is 4.72 Å². The van der Waals surface area contributed by atoms with Crippen LogP contribution in [0.1, 0.15) is 36.6 Å². The first-order chi connectivity index (χ1) is 20.2. The van der Waals surface area contributed by atoms with Gasteiger partial charge in [0.05, 0.1) is 32.2 Å². The zero-order valence-corrected chi connectivity index (χ0v) is 23.4. The molecule has 0 amide bonds. The molecule has 0 bridgehead atoms. The lowest BCUT2D eigenvalue weighted by Gasteiger charge is -2.13. The molecule has 13 nitrogen and oxygen atoms in total. The maximum absolute atomic E-state index is 12.8. The van der Waals surface area contributed by atoms with E-state index in [1.807, 2.05) is 0 Å². The van der Waals surface area contributed by atoms with Crippen molar-refractivity contribution in [2.24, 2.45) is 0 Å². The monoisotopic (exact) mass is 626 g/mol. The summed E-state index contributed by atoms with van der Waals surface area (Å²) in [5, 5.41) is 27.6. The summed E-state index contributed by atoms with van der Waals surface area (Å²) in [6.45, 7) is -0.0830. The number of rotatable bonds is 12. The topological polar surface area (TPSA) is 213 Å². The average Bonchev–Trinajstić information content (AvgIpc) is 2.97. The van der Waals surface area contributed by atoms with Crippen LogP contribution in [-0.2, 0) is 26.6 Å². The molecule has 0 aliphatic carbocycles. The van der Waals surface area contributed by atoms with Crippen LogP contribution < -0.4 is 14.2 Å². The largest absolute Gasteiger partial charge is 0.478 e. The molecule has 15 heteroatoms. The second kappa shape index (κ2) is 12.3. The molecule has 0 fully saturated rings. The van der Waals surface area contributed by atoms with Crippen molar-refractivity contribution in [2.75, 3.05) is 4.72 Å². The minimum absolute atomic E-state index is 0.0502. The lowest BCUT2D eigenvalue weighted by molar-refractivity contribution is 0.0686. The van der Waals surface area contributed by atoms with Crippen molar-refractivity contribution in [2.45, 2.75) is 16.3 Å². The molecule has 0 atom stereocenters. The van der Waals surface area contributed by atoms with E-state index in [1.54, 1.807) is 12.1 Å². The lowest BCUT2D eigenvalue weighted by Crippen LogP contribution is -2.23. The Kier molecular flexibility index (Phi) is 8.80. The molecule has 4 aromatic carbocycles. The number of hydrogen-bond donors (Lipinski definition) is 5. The Morgan fingerprint density at radius 2 is 1.09 bits per heavy atom. The fraction of sp³-hybridized carbons (Fsp3) is 0.0357. The number of anilines is 1. The van der Waals surface area contributed by atoms with E-state index < -0.39 is 43.5 Å². The molecule has 0 radical (unpaired) electrons. The molecule has 4 rings (SSSR count). The summed E-state index contributed by atoms with van der Waals surface area (Å²) in [5.41, 5.74) is -0.268. The fourth-order valence-electron chi connectivity index (χ4n) is 3.68. The normalized spacial score (nSPS) is 11.4. The van der Waals surface area contributed by atoms with Gasteiger partial charge in [0.1, 0.15) is 11.5 Å². The zero-order chi connectivity index (χ0) is 31.4. The zero-order valence-electron chi connectivity index (χ0n) is 21.8. The highest BCUT2D eigenvalue weighted by Crippen LogP contribution is 2.29. The van der Waals surface area contributed by atoms with Crippen LogP contribution in [0.15, 0.2) is 101 Å². The number of hydrogen-bond acceptors (Lipinski definition) is 8.